The third-order valence-corrected chi connectivity index (χ3v) is 8.13. The lowest BCUT2D eigenvalue weighted by atomic mass is 9.46. The van der Waals surface area contributed by atoms with Crippen LogP contribution in [0.5, 0.6) is 5.75 Å². The van der Waals surface area contributed by atoms with Crippen molar-refractivity contribution in [3.8, 4) is 5.75 Å². The molecule has 1 aromatic rings. The van der Waals surface area contributed by atoms with E-state index < -0.39 is 9.04 Å². The number of para-hydroxylation sites is 1. The van der Waals surface area contributed by atoms with E-state index in [0.29, 0.717) is 18.4 Å². The van der Waals surface area contributed by atoms with Crippen molar-refractivity contribution in [1.82, 2.24) is 0 Å². The Bertz CT molecular complexity index is 766. The summed E-state index contributed by atoms with van der Waals surface area (Å²) < 4.78 is 12.7. The van der Waals surface area contributed by atoms with E-state index >= 15 is 0 Å². The Morgan fingerprint density at radius 1 is 1.14 bits per heavy atom. The normalized spacial score (nSPS) is 32.2. The van der Waals surface area contributed by atoms with E-state index in [1.165, 1.54) is 54.6 Å². The molecule has 2 nitrogen and oxygen atoms in total. The van der Waals surface area contributed by atoms with Crippen LogP contribution in [0.15, 0.2) is 30.0 Å². The van der Waals surface area contributed by atoms with Gasteiger partial charge in [-0.2, -0.15) is 0 Å². The van der Waals surface area contributed by atoms with E-state index in [1.807, 2.05) is 0 Å². The average molecular weight is 433 g/mol. The van der Waals surface area contributed by atoms with Gasteiger partial charge in [-0.1, -0.05) is 39.0 Å². The van der Waals surface area contributed by atoms with Gasteiger partial charge in [-0.25, -0.2) is 0 Å². The maximum atomic E-state index is 6.72. The van der Waals surface area contributed by atoms with Crippen molar-refractivity contribution in [3.05, 3.63) is 41.2 Å². The first-order chi connectivity index (χ1) is 13.7. The van der Waals surface area contributed by atoms with Gasteiger partial charge >= 0.3 is 0 Å². The van der Waals surface area contributed by atoms with E-state index in [0.717, 1.165) is 11.8 Å². The largest absolute Gasteiger partial charge is 0.547 e. The van der Waals surface area contributed by atoms with E-state index in [2.05, 4.69) is 58.3 Å². The fourth-order valence-electron chi connectivity index (χ4n) is 6.49. The Labute approximate surface area is 183 Å². The molecule has 160 valence electrons. The van der Waals surface area contributed by atoms with Crippen molar-refractivity contribution in [1.29, 1.82) is 0 Å². The highest BCUT2D eigenvalue weighted by atomic mass is 35.5. The van der Waals surface area contributed by atoms with Gasteiger partial charge in [0.05, 0.1) is 12.1 Å². The van der Waals surface area contributed by atoms with Crippen LogP contribution in [0.25, 0.3) is 0 Å². The Morgan fingerprint density at radius 2 is 1.83 bits per heavy atom. The highest BCUT2D eigenvalue weighted by Crippen LogP contribution is 2.64. The van der Waals surface area contributed by atoms with Crippen LogP contribution >= 0.6 is 11.6 Å². The predicted molar refractivity (Wildman–Crippen MR) is 125 cm³/mol. The Hall–Kier alpha value is -0.933. The molecule has 0 saturated heterocycles. The first-order valence-corrected chi connectivity index (χ1v) is 14.7. The molecule has 2 unspecified atom stereocenters. The summed E-state index contributed by atoms with van der Waals surface area (Å²) in [5, 5.41) is 0. The van der Waals surface area contributed by atoms with Gasteiger partial charge in [0, 0.05) is 11.0 Å². The van der Waals surface area contributed by atoms with Crippen molar-refractivity contribution < 1.29 is 9.16 Å². The van der Waals surface area contributed by atoms with Crippen LogP contribution in [-0.2, 0) is 15.6 Å². The fourth-order valence-corrected chi connectivity index (χ4v) is 7.31. The lowest BCUT2D eigenvalue weighted by molar-refractivity contribution is 0.0408. The van der Waals surface area contributed by atoms with Gasteiger partial charge in [-0.3, -0.25) is 0 Å². The minimum Gasteiger partial charge on any atom is -0.547 e. The molecule has 0 radical (unpaired) electrons. The summed E-state index contributed by atoms with van der Waals surface area (Å²) in [5.74, 6) is 4.09. The highest BCUT2D eigenvalue weighted by molar-refractivity contribution is 6.49. The first-order valence-electron chi connectivity index (χ1n) is 11.4. The van der Waals surface area contributed by atoms with Gasteiger partial charge in [-0.15, -0.1) is 11.6 Å². The molecule has 0 N–H and O–H groups in total. The molecule has 5 rings (SSSR count). The van der Waals surface area contributed by atoms with Crippen LogP contribution < -0.4 is 4.43 Å². The molecule has 0 spiro atoms. The van der Waals surface area contributed by atoms with Gasteiger partial charge in [0.25, 0.3) is 0 Å². The second kappa shape index (κ2) is 7.96. The monoisotopic (exact) mass is 432 g/mol. The number of alkyl halides is 1. The average Bonchev–Trinajstić information content (AvgIpc) is 2.62. The molecular weight excluding hydrogens is 396 g/mol. The van der Waals surface area contributed by atoms with Crippen molar-refractivity contribution in [2.75, 3.05) is 12.5 Å². The minimum absolute atomic E-state index is 0.0654. The smallest absolute Gasteiger partial charge is 0.229 e. The molecule has 4 bridgehead atoms. The van der Waals surface area contributed by atoms with Crippen molar-refractivity contribution in [3.63, 3.8) is 0 Å². The Balaban J connectivity index is 1.87. The summed E-state index contributed by atoms with van der Waals surface area (Å²) in [6.45, 7) is 12.1. The van der Waals surface area contributed by atoms with Crippen LogP contribution in [0.4, 0.5) is 0 Å². The molecule has 0 amide bonds. The maximum Gasteiger partial charge on any atom is 0.229 e. The number of halogens is 1. The molecule has 0 aromatic heterocycles. The van der Waals surface area contributed by atoms with E-state index in [9.17, 15) is 0 Å². The molecule has 4 heteroatoms. The topological polar surface area (TPSA) is 18.5 Å². The summed E-state index contributed by atoms with van der Waals surface area (Å²) >= 11 is 5.91. The van der Waals surface area contributed by atoms with Gasteiger partial charge in [-0.05, 0) is 79.5 Å². The van der Waals surface area contributed by atoms with Crippen molar-refractivity contribution in [2.24, 2.45) is 17.8 Å². The highest BCUT2D eigenvalue weighted by Gasteiger charge is 2.56. The number of hydrogen-bond acceptors (Lipinski definition) is 2. The van der Waals surface area contributed by atoms with Gasteiger partial charge in [0.2, 0.25) is 9.04 Å². The maximum absolute atomic E-state index is 6.72. The lowest BCUT2D eigenvalue weighted by Gasteiger charge is -2.58. The van der Waals surface area contributed by atoms with Crippen LogP contribution in [0.2, 0.25) is 13.1 Å². The van der Waals surface area contributed by atoms with Crippen molar-refractivity contribution in [2.45, 2.75) is 76.8 Å². The Kier molecular flexibility index (Phi) is 5.85. The standard InChI is InChI=1S/C25H37ClO2Si/c1-24(2,3)20-7-6-8-21(23(20)28-29(4)5)25-14-17-11-18(15-25)13-19(12-17)22(25)16-27-10-9-26/h6-8,16-19,29H,9-15H2,1-5H3. The third-order valence-electron chi connectivity index (χ3n) is 7.27. The molecule has 0 heterocycles. The quantitative estimate of drug-likeness (QED) is 0.219. The van der Waals surface area contributed by atoms with Crippen LogP contribution in [-0.4, -0.2) is 21.5 Å². The van der Waals surface area contributed by atoms with E-state index in [4.69, 9.17) is 20.8 Å². The molecule has 4 aliphatic carbocycles. The summed E-state index contributed by atoms with van der Waals surface area (Å²) in [7, 11) is -1.24. The number of benzene rings is 1. The second-order valence-electron chi connectivity index (χ2n) is 10.9. The molecule has 4 fully saturated rings. The lowest BCUT2D eigenvalue weighted by Crippen LogP contribution is -2.51. The zero-order valence-corrected chi connectivity index (χ0v) is 20.7. The van der Waals surface area contributed by atoms with E-state index in [1.54, 1.807) is 0 Å². The zero-order chi connectivity index (χ0) is 20.8. The number of rotatable bonds is 6. The minimum atomic E-state index is -1.24. The second-order valence-corrected chi connectivity index (χ2v) is 13.6. The molecule has 1 aromatic carbocycles. The molecule has 29 heavy (non-hydrogen) atoms. The van der Waals surface area contributed by atoms with E-state index in [-0.39, 0.29) is 10.8 Å². The summed E-state index contributed by atoms with van der Waals surface area (Å²) in [6.07, 6.45) is 8.69. The fraction of sp³-hybridized carbons (Fsp3) is 0.680. The Morgan fingerprint density at radius 3 is 2.41 bits per heavy atom. The SMILES string of the molecule is C[SiH](C)Oc1c(C(C)(C)C)cccc1C12CC3CC(CC(C3)C1=COCCCl)C2. The zero-order valence-electron chi connectivity index (χ0n) is 18.8. The van der Waals surface area contributed by atoms with Crippen LogP contribution in [0.3, 0.4) is 0 Å². The number of allylic oxidation sites excluding steroid dienone is 1. The van der Waals surface area contributed by atoms with Gasteiger partial charge in [0.15, 0.2) is 0 Å². The van der Waals surface area contributed by atoms with Gasteiger partial charge < -0.3 is 9.16 Å². The van der Waals surface area contributed by atoms with Gasteiger partial charge in [0.1, 0.15) is 12.4 Å². The molecule has 4 saturated carbocycles. The van der Waals surface area contributed by atoms with Crippen LogP contribution in [0.1, 0.15) is 64.0 Å². The molecule has 2 atom stereocenters. The third kappa shape index (κ3) is 3.90. The first kappa shape index (κ1) is 21.3. The predicted octanol–water partition coefficient (Wildman–Crippen LogP) is 6.56. The number of hydrogen-bond donors (Lipinski definition) is 0. The van der Waals surface area contributed by atoms with Crippen molar-refractivity contribution >= 4 is 20.6 Å². The molecule has 0 aliphatic heterocycles. The van der Waals surface area contributed by atoms with Crippen LogP contribution in [0, 0.1) is 17.8 Å². The molecule has 4 aliphatic rings. The number of ether oxygens (including phenoxy) is 1. The molecular formula is C25H37ClO2Si. The summed E-state index contributed by atoms with van der Waals surface area (Å²) in [4.78, 5) is 0. The summed E-state index contributed by atoms with van der Waals surface area (Å²) in [6, 6.07) is 6.91. The summed E-state index contributed by atoms with van der Waals surface area (Å²) in [5.41, 5.74) is 4.46.